The molecule has 11 heteroatoms. The molecule has 0 radical (unpaired) electrons. The van der Waals surface area contributed by atoms with Crippen molar-refractivity contribution in [2.45, 2.75) is 31.6 Å². The standard InChI is InChI=1S/C14H12ClF3N4O3/c15-8-1-2-9(19-5-8)6-21-13(25)22-10(12(23)24)3-7(14(16,17)18)4-11(22)20-21/h1-2,5,7,10H,3-4,6H2,(H,23,24)/t7-,10-/m1/s1. The molecule has 1 aliphatic rings. The molecule has 134 valence electrons. The van der Waals surface area contributed by atoms with E-state index in [2.05, 4.69) is 10.1 Å². The fourth-order valence-corrected chi connectivity index (χ4v) is 2.92. The number of halogens is 4. The van der Waals surface area contributed by atoms with Crippen molar-refractivity contribution < 1.29 is 23.1 Å². The van der Waals surface area contributed by atoms with E-state index in [1.165, 1.54) is 6.20 Å². The zero-order chi connectivity index (χ0) is 18.4. The van der Waals surface area contributed by atoms with E-state index in [4.69, 9.17) is 11.6 Å². The first kappa shape index (κ1) is 17.5. The van der Waals surface area contributed by atoms with Crippen LogP contribution in [0.1, 0.15) is 24.0 Å². The molecule has 0 saturated carbocycles. The van der Waals surface area contributed by atoms with Crippen LogP contribution in [0.2, 0.25) is 5.02 Å². The maximum absolute atomic E-state index is 13.0. The molecule has 0 fully saturated rings. The van der Waals surface area contributed by atoms with Crippen molar-refractivity contribution in [2.75, 3.05) is 0 Å². The molecule has 0 unspecified atom stereocenters. The van der Waals surface area contributed by atoms with E-state index >= 15 is 0 Å². The molecule has 2 aromatic heterocycles. The molecule has 0 aromatic carbocycles. The number of aromatic nitrogens is 4. The van der Waals surface area contributed by atoms with Crippen LogP contribution in [0, 0.1) is 5.92 Å². The summed E-state index contributed by atoms with van der Waals surface area (Å²) >= 11 is 5.72. The normalized spacial score (nSPS) is 20.3. The number of rotatable bonds is 3. The smallest absolute Gasteiger partial charge is 0.392 e. The van der Waals surface area contributed by atoms with E-state index in [1.807, 2.05) is 0 Å². The third-order valence-corrected chi connectivity index (χ3v) is 4.26. The van der Waals surface area contributed by atoms with Gasteiger partial charge in [-0.1, -0.05) is 11.6 Å². The highest BCUT2D eigenvalue weighted by molar-refractivity contribution is 6.30. The molecule has 1 aliphatic heterocycles. The average Bonchev–Trinajstić information content (AvgIpc) is 2.84. The Morgan fingerprint density at radius 1 is 1.40 bits per heavy atom. The van der Waals surface area contributed by atoms with Gasteiger partial charge in [0.05, 0.1) is 23.2 Å². The lowest BCUT2D eigenvalue weighted by Gasteiger charge is -2.28. The zero-order valence-corrected chi connectivity index (χ0v) is 13.3. The van der Waals surface area contributed by atoms with Crippen molar-refractivity contribution in [1.29, 1.82) is 0 Å². The number of aliphatic carboxylic acids is 1. The van der Waals surface area contributed by atoms with E-state index in [1.54, 1.807) is 12.1 Å². The summed E-state index contributed by atoms with van der Waals surface area (Å²) in [4.78, 5) is 27.8. The molecular weight excluding hydrogens is 365 g/mol. The first-order valence-corrected chi connectivity index (χ1v) is 7.62. The second-order valence-corrected chi connectivity index (χ2v) is 6.16. The van der Waals surface area contributed by atoms with Gasteiger partial charge in [0.15, 0.2) is 0 Å². The molecular formula is C14H12ClF3N4O3. The molecule has 0 aliphatic carbocycles. The van der Waals surface area contributed by atoms with Gasteiger partial charge in [0.25, 0.3) is 0 Å². The minimum Gasteiger partial charge on any atom is -0.480 e. The van der Waals surface area contributed by atoms with Crippen molar-refractivity contribution in [3.8, 4) is 0 Å². The number of carbonyl (C=O) groups is 1. The zero-order valence-electron chi connectivity index (χ0n) is 12.6. The maximum Gasteiger partial charge on any atom is 0.392 e. The third kappa shape index (κ3) is 3.39. The van der Waals surface area contributed by atoms with Gasteiger partial charge >= 0.3 is 17.8 Å². The average molecular weight is 377 g/mol. The highest BCUT2D eigenvalue weighted by atomic mass is 35.5. The van der Waals surface area contributed by atoms with Gasteiger partial charge in [-0.2, -0.15) is 18.3 Å². The molecule has 7 nitrogen and oxygen atoms in total. The Balaban J connectivity index is 1.99. The number of hydrogen-bond acceptors (Lipinski definition) is 4. The molecule has 1 N–H and O–H groups in total. The lowest BCUT2D eigenvalue weighted by molar-refractivity contribution is -0.183. The first-order chi connectivity index (χ1) is 11.7. The summed E-state index contributed by atoms with van der Waals surface area (Å²) in [5.41, 5.74) is -0.360. The minimum atomic E-state index is -4.56. The number of nitrogens with zero attached hydrogens (tertiary/aromatic N) is 4. The second kappa shape index (κ2) is 6.17. The first-order valence-electron chi connectivity index (χ1n) is 7.25. The number of carboxylic acid groups (broad SMARTS) is 1. The van der Waals surface area contributed by atoms with Crippen LogP contribution in [-0.4, -0.2) is 36.6 Å². The van der Waals surface area contributed by atoms with Crippen molar-refractivity contribution in [3.05, 3.63) is 45.4 Å². The van der Waals surface area contributed by atoms with Crippen molar-refractivity contribution >= 4 is 17.6 Å². The van der Waals surface area contributed by atoms with Crippen LogP contribution < -0.4 is 5.69 Å². The number of pyridine rings is 1. The van der Waals surface area contributed by atoms with Gasteiger partial charge < -0.3 is 5.11 Å². The molecule has 0 bridgehead atoms. The van der Waals surface area contributed by atoms with Crippen molar-refractivity contribution in [1.82, 2.24) is 19.3 Å². The minimum absolute atomic E-state index is 0.0982. The van der Waals surface area contributed by atoms with Gasteiger partial charge in [0.1, 0.15) is 11.9 Å². The largest absolute Gasteiger partial charge is 0.480 e. The summed E-state index contributed by atoms with van der Waals surface area (Å²) in [5.74, 6) is -3.55. The highest BCUT2D eigenvalue weighted by Gasteiger charge is 2.47. The van der Waals surface area contributed by atoms with Crippen LogP contribution in [0.15, 0.2) is 23.1 Å². The van der Waals surface area contributed by atoms with Crippen LogP contribution in [0.4, 0.5) is 13.2 Å². The van der Waals surface area contributed by atoms with E-state index in [0.717, 1.165) is 9.25 Å². The number of alkyl halides is 3. The van der Waals surface area contributed by atoms with E-state index in [-0.39, 0.29) is 12.4 Å². The van der Waals surface area contributed by atoms with Gasteiger partial charge in [0, 0.05) is 12.6 Å². The quantitative estimate of drug-likeness (QED) is 0.883. The summed E-state index contributed by atoms with van der Waals surface area (Å²) < 4.78 is 40.8. The highest BCUT2D eigenvalue weighted by Crippen LogP contribution is 2.38. The Morgan fingerprint density at radius 2 is 2.12 bits per heavy atom. The van der Waals surface area contributed by atoms with E-state index in [9.17, 15) is 27.9 Å². The fourth-order valence-electron chi connectivity index (χ4n) is 2.81. The Bertz CT molecular complexity index is 860. The fraction of sp³-hybridized carbons (Fsp3) is 0.429. The number of carboxylic acids is 1. The van der Waals surface area contributed by atoms with Crippen LogP contribution in [0.25, 0.3) is 0 Å². The molecule has 0 spiro atoms. The topological polar surface area (TPSA) is 90.0 Å². The molecule has 2 atom stereocenters. The van der Waals surface area contributed by atoms with Crippen LogP contribution in [0.5, 0.6) is 0 Å². The lowest BCUT2D eigenvalue weighted by Crippen LogP contribution is -2.40. The Labute approximate surface area is 143 Å². The Hall–Kier alpha value is -2.36. The van der Waals surface area contributed by atoms with Crippen molar-refractivity contribution in [2.24, 2.45) is 5.92 Å². The second-order valence-electron chi connectivity index (χ2n) is 5.73. The summed E-state index contributed by atoms with van der Waals surface area (Å²) in [7, 11) is 0. The van der Waals surface area contributed by atoms with E-state index in [0.29, 0.717) is 10.7 Å². The molecule has 3 rings (SSSR count). The molecule has 25 heavy (non-hydrogen) atoms. The summed E-state index contributed by atoms with van der Waals surface area (Å²) in [5, 5.41) is 13.5. The Kier molecular flexibility index (Phi) is 4.31. The summed E-state index contributed by atoms with van der Waals surface area (Å²) in [6.07, 6.45) is -4.44. The Morgan fingerprint density at radius 3 is 2.68 bits per heavy atom. The number of fused-ring (bicyclic) bond motifs is 1. The maximum atomic E-state index is 13.0. The predicted molar refractivity (Wildman–Crippen MR) is 79.4 cm³/mol. The van der Waals surface area contributed by atoms with Crippen LogP contribution in [0.3, 0.4) is 0 Å². The molecule has 0 saturated heterocycles. The monoisotopic (exact) mass is 376 g/mol. The van der Waals surface area contributed by atoms with E-state index < -0.39 is 42.6 Å². The molecule has 0 amide bonds. The van der Waals surface area contributed by atoms with Crippen LogP contribution in [-0.2, 0) is 17.8 Å². The summed E-state index contributed by atoms with van der Waals surface area (Å²) in [6.45, 7) is -0.0982. The van der Waals surface area contributed by atoms with Gasteiger partial charge in [-0.3, -0.25) is 9.55 Å². The number of hydrogen-bond donors (Lipinski definition) is 1. The third-order valence-electron chi connectivity index (χ3n) is 4.04. The predicted octanol–water partition coefficient (Wildman–Crippen LogP) is 1.89. The summed E-state index contributed by atoms with van der Waals surface area (Å²) in [6, 6.07) is 1.49. The molecule has 2 aromatic rings. The van der Waals surface area contributed by atoms with Gasteiger partial charge in [-0.15, -0.1) is 0 Å². The van der Waals surface area contributed by atoms with Crippen molar-refractivity contribution in [3.63, 3.8) is 0 Å². The molecule has 3 heterocycles. The van der Waals surface area contributed by atoms with Gasteiger partial charge in [-0.05, 0) is 18.6 Å². The van der Waals surface area contributed by atoms with Gasteiger partial charge in [-0.25, -0.2) is 14.3 Å². The van der Waals surface area contributed by atoms with Crippen LogP contribution >= 0.6 is 11.6 Å². The SMILES string of the molecule is O=C(O)[C@H]1C[C@@H](C(F)(F)F)Cc2nn(Cc3ccc(Cl)cn3)c(=O)n21. The lowest BCUT2D eigenvalue weighted by atomic mass is 9.92. The van der Waals surface area contributed by atoms with Gasteiger partial charge in [0.2, 0.25) is 0 Å².